The number of amides is 3. The Balaban J connectivity index is 1.63. The van der Waals surface area contributed by atoms with Crippen LogP contribution < -0.4 is 16.0 Å². The van der Waals surface area contributed by atoms with Crippen molar-refractivity contribution in [3.05, 3.63) is 41.0 Å². The van der Waals surface area contributed by atoms with Crippen molar-refractivity contribution in [2.75, 3.05) is 20.1 Å². The molecule has 0 aliphatic carbocycles. The second-order valence-electron chi connectivity index (χ2n) is 12.1. The first-order valence-electron chi connectivity index (χ1n) is 14.7. The van der Waals surface area contributed by atoms with Crippen LogP contribution in [0.2, 0.25) is 0 Å². The minimum absolute atomic E-state index is 0.0577. The minimum atomic E-state index is -0.812. The molecule has 0 unspecified atom stereocenters. The topological polar surface area (TPSA) is 124 Å². The molecular weight excluding hydrogens is 538 g/mol. The molecule has 4 N–H and O–H groups in total. The molecular formula is C31H47N5O4S. The molecule has 0 spiro atoms. The highest BCUT2D eigenvalue weighted by atomic mass is 32.1. The average Bonchev–Trinajstić information content (AvgIpc) is 3.53. The number of aryl methyl sites for hydroxylation is 1. The molecule has 1 saturated heterocycles. The predicted octanol–water partition coefficient (Wildman–Crippen LogP) is 3.96. The fourth-order valence-corrected chi connectivity index (χ4v) is 6.00. The van der Waals surface area contributed by atoms with Crippen LogP contribution in [-0.2, 0) is 14.4 Å². The van der Waals surface area contributed by atoms with Crippen LogP contribution in [-0.4, -0.2) is 71.0 Å². The Hall–Kier alpha value is -2.82. The fraction of sp³-hybridized carbons (Fsp3) is 0.613. The van der Waals surface area contributed by atoms with Gasteiger partial charge in [0.25, 0.3) is 0 Å². The van der Waals surface area contributed by atoms with Crippen molar-refractivity contribution in [3.8, 4) is 10.4 Å². The Bertz CT molecular complexity index is 1160. The third-order valence-corrected chi connectivity index (χ3v) is 8.62. The number of rotatable bonds is 13. The largest absolute Gasteiger partial charge is 0.391 e. The Morgan fingerprint density at radius 3 is 2.39 bits per heavy atom. The molecule has 4 atom stereocenters. The highest BCUT2D eigenvalue weighted by Gasteiger charge is 2.44. The van der Waals surface area contributed by atoms with Gasteiger partial charge in [-0.05, 0) is 56.8 Å². The van der Waals surface area contributed by atoms with Crippen molar-refractivity contribution >= 4 is 29.1 Å². The highest BCUT2D eigenvalue weighted by molar-refractivity contribution is 7.13. The van der Waals surface area contributed by atoms with Gasteiger partial charge in [-0.15, -0.1) is 11.3 Å². The Morgan fingerprint density at radius 2 is 1.78 bits per heavy atom. The summed E-state index contributed by atoms with van der Waals surface area (Å²) < 4.78 is 0. The number of carbonyl (C=O) groups is 3. The van der Waals surface area contributed by atoms with E-state index in [9.17, 15) is 19.5 Å². The molecule has 1 aromatic heterocycles. The van der Waals surface area contributed by atoms with Crippen molar-refractivity contribution in [2.45, 2.75) is 97.4 Å². The number of unbranched alkanes of at least 4 members (excludes halogenated alkanes) is 3. The van der Waals surface area contributed by atoms with Crippen LogP contribution in [0.3, 0.4) is 0 Å². The van der Waals surface area contributed by atoms with Crippen molar-refractivity contribution in [2.24, 2.45) is 5.41 Å². The van der Waals surface area contributed by atoms with Gasteiger partial charge in [0.05, 0.1) is 28.2 Å². The molecule has 41 heavy (non-hydrogen) atoms. The highest BCUT2D eigenvalue weighted by Crippen LogP contribution is 2.29. The quantitative estimate of drug-likeness (QED) is 0.264. The van der Waals surface area contributed by atoms with Gasteiger partial charge in [-0.2, -0.15) is 0 Å². The van der Waals surface area contributed by atoms with Crippen LogP contribution in [0.5, 0.6) is 0 Å². The molecule has 0 bridgehead atoms. The molecule has 1 aliphatic rings. The van der Waals surface area contributed by atoms with Gasteiger partial charge in [0, 0.05) is 19.4 Å². The zero-order valence-corrected chi connectivity index (χ0v) is 26.1. The van der Waals surface area contributed by atoms with E-state index in [4.69, 9.17) is 0 Å². The maximum atomic E-state index is 13.8. The van der Waals surface area contributed by atoms with E-state index in [1.807, 2.05) is 71.4 Å². The summed E-state index contributed by atoms with van der Waals surface area (Å²) >= 11 is 1.59. The summed E-state index contributed by atoms with van der Waals surface area (Å²) in [5.74, 6) is -0.822. The van der Waals surface area contributed by atoms with Crippen LogP contribution in [0.4, 0.5) is 0 Å². The van der Waals surface area contributed by atoms with Crippen LogP contribution in [0.15, 0.2) is 29.8 Å². The molecule has 1 aliphatic heterocycles. The molecule has 3 amide bonds. The van der Waals surface area contributed by atoms with Crippen LogP contribution in [0.25, 0.3) is 10.4 Å². The standard InChI is InChI=1S/C31H47N5O4S/c1-20(22-12-14-23(15-13-22)27-21(2)33-19-41-27)34-29(39)25-17-24(37)18-36(25)30(40)28(31(3,4)5)35-26(38)11-9-7-8-10-16-32-6/h12-15,19-20,24-25,28,32,37H,7-11,16-18H2,1-6H3,(H,34,39)(H,35,38)/t20-,24+,25-,28+/m0/s1. The Labute approximate surface area is 248 Å². The fourth-order valence-electron chi connectivity index (χ4n) is 5.19. The monoisotopic (exact) mass is 585 g/mol. The number of hydrogen-bond donors (Lipinski definition) is 4. The normalized spacial score (nSPS) is 18.7. The molecule has 2 aromatic rings. The predicted molar refractivity (Wildman–Crippen MR) is 163 cm³/mol. The number of benzene rings is 1. The summed E-state index contributed by atoms with van der Waals surface area (Å²) in [6.45, 7) is 10.6. The molecule has 3 rings (SSSR count). The first-order valence-corrected chi connectivity index (χ1v) is 15.5. The van der Waals surface area contributed by atoms with Gasteiger partial charge in [0.1, 0.15) is 12.1 Å². The molecule has 10 heteroatoms. The van der Waals surface area contributed by atoms with Gasteiger partial charge in [0.15, 0.2) is 0 Å². The zero-order valence-electron chi connectivity index (χ0n) is 25.3. The summed E-state index contributed by atoms with van der Waals surface area (Å²) in [7, 11) is 1.93. The van der Waals surface area contributed by atoms with Crippen molar-refractivity contribution in [1.82, 2.24) is 25.8 Å². The second-order valence-corrected chi connectivity index (χ2v) is 13.0. The van der Waals surface area contributed by atoms with E-state index >= 15 is 0 Å². The number of β-amino-alcohol motifs (C(OH)–C–C–N with tert-alkyl or cyclic N) is 1. The van der Waals surface area contributed by atoms with Crippen LogP contribution in [0.1, 0.15) is 83.5 Å². The van der Waals surface area contributed by atoms with Crippen LogP contribution >= 0.6 is 11.3 Å². The first kappa shape index (κ1) is 32.7. The van der Waals surface area contributed by atoms with Crippen molar-refractivity contribution in [3.63, 3.8) is 0 Å². The smallest absolute Gasteiger partial charge is 0.246 e. The van der Waals surface area contributed by atoms with Crippen molar-refractivity contribution < 1.29 is 19.5 Å². The number of thiazole rings is 1. The Morgan fingerprint density at radius 1 is 1.10 bits per heavy atom. The number of aliphatic hydroxyl groups is 1. The van der Waals surface area contributed by atoms with Gasteiger partial charge in [-0.25, -0.2) is 4.98 Å². The van der Waals surface area contributed by atoms with Crippen LogP contribution in [0, 0.1) is 12.3 Å². The SMILES string of the molecule is CNCCCCCCC(=O)N[C@H](C(=O)N1C[C@H](O)C[C@H]1C(=O)N[C@@H](C)c1ccc(-c2scnc2C)cc1)C(C)(C)C. The van der Waals surface area contributed by atoms with Gasteiger partial charge in [0.2, 0.25) is 17.7 Å². The minimum Gasteiger partial charge on any atom is -0.391 e. The van der Waals surface area contributed by atoms with E-state index in [0.717, 1.165) is 53.9 Å². The molecule has 2 heterocycles. The lowest BCUT2D eigenvalue weighted by molar-refractivity contribution is -0.144. The molecule has 226 valence electrons. The lowest BCUT2D eigenvalue weighted by Gasteiger charge is -2.35. The summed E-state index contributed by atoms with van der Waals surface area (Å²) in [6, 6.07) is 6.10. The van der Waals surface area contributed by atoms with Crippen molar-refractivity contribution in [1.29, 1.82) is 0 Å². The van der Waals surface area contributed by atoms with E-state index in [1.54, 1.807) is 11.3 Å². The number of nitrogens with zero attached hydrogens (tertiary/aromatic N) is 2. The number of aliphatic hydroxyl groups excluding tert-OH is 1. The third-order valence-electron chi connectivity index (χ3n) is 7.64. The van der Waals surface area contributed by atoms with E-state index < -0.39 is 23.6 Å². The molecule has 0 radical (unpaired) electrons. The summed E-state index contributed by atoms with van der Waals surface area (Å²) in [5, 5.41) is 19.6. The van der Waals surface area contributed by atoms with E-state index in [0.29, 0.717) is 6.42 Å². The molecule has 1 aromatic carbocycles. The Kier molecular flexibility index (Phi) is 11.9. The average molecular weight is 586 g/mol. The summed E-state index contributed by atoms with van der Waals surface area (Å²) in [6.07, 6.45) is 3.54. The van der Waals surface area contributed by atoms with Gasteiger partial charge < -0.3 is 26.0 Å². The van der Waals surface area contributed by atoms with Gasteiger partial charge in [-0.1, -0.05) is 57.9 Å². The lowest BCUT2D eigenvalue weighted by atomic mass is 9.85. The zero-order chi connectivity index (χ0) is 30.2. The van der Waals surface area contributed by atoms with Gasteiger partial charge in [-0.3, -0.25) is 14.4 Å². The first-order chi connectivity index (χ1) is 19.4. The maximum Gasteiger partial charge on any atom is 0.246 e. The van der Waals surface area contributed by atoms with E-state index in [1.165, 1.54) is 4.90 Å². The van der Waals surface area contributed by atoms with E-state index in [-0.39, 0.29) is 36.7 Å². The number of carbonyl (C=O) groups excluding carboxylic acids is 3. The number of nitrogens with one attached hydrogen (secondary N) is 3. The summed E-state index contributed by atoms with van der Waals surface area (Å²) in [5.41, 5.74) is 4.25. The van der Waals surface area contributed by atoms with E-state index in [2.05, 4.69) is 20.9 Å². The maximum absolute atomic E-state index is 13.8. The molecule has 0 saturated carbocycles. The lowest BCUT2D eigenvalue weighted by Crippen LogP contribution is -2.57. The number of likely N-dealkylation sites (tertiary alicyclic amines) is 1. The van der Waals surface area contributed by atoms with Gasteiger partial charge >= 0.3 is 0 Å². The molecule has 9 nitrogen and oxygen atoms in total. The molecule has 1 fully saturated rings. The summed E-state index contributed by atoms with van der Waals surface area (Å²) in [4.78, 5) is 46.9. The number of hydrogen-bond acceptors (Lipinski definition) is 7. The number of aromatic nitrogens is 1. The second kappa shape index (κ2) is 14.9. The third kappa shape index (κ3) is 9.08.